The summed E-state index contributed by atoms with van der Waals surface area (Å²) in [4.78, 5) is 11.6. The van der Waals surface area contributed by atoms with Crippen LogP contribution in [0.15, 0.2) is 36.4 Å². The van der Waals surface area contributed by atoms with Gasteiger partial charge in [-0.05, 0) is 48.4 Å². The summed E-state index contributed by atoms with van der Waals surface area (Å²) in [5.41, 5.74) is 2.64. The molecule has 0 aliphatic heterocycles. The largest absolute Gasteiger partial charge is 0.489 e. The van der Waals surface area contributed by atoms with Crippen LogP contribution in [0.5, 0.6) is 5.75 Å². The van der Waals surface area contributed by atoms with E-state index in [1.807, 2.05) is 12.1 Å². The number of fused-ring (bicyclic) bond motifs is 1. The molecule has 3 nitrogen and oxygen atoms in total. The number of Topliss-reactive ketones (excluding diaryl/α,β-unsaturated/α-hetero) is 1. The number of nitriles is 1. The number of rotatable bonds is 3. The lowest BCUT2D eigenvalue weighted by Crippen LogP contribution is -2.00. The number of hydrogen-bond acceptors (Lipinski definition) is 3. The summed E-state index contributed by atoms with van der Waals surface area (Å²) in [5, 5.41) is 9.00. The minimum atomic E-state index is -0.396. The van der Waals surface area contributed by atoms with Crippen LogP contribution in [0.3, 0.4) is 0 Å². The molecule has 1 aliphatic carbocycles. The molecule has 2 aromatic rings. The lowest BCUT2D eigenvalue weighted by Gasteiger charge is -2.09. The molecule has 2 aromatic carbocycles. The van der Waals surface area contributed by atoms with Crippen LogP contribution in [0.1, 0.15) is 33.5 Å². The van der Waals surface area contributed by atoms with E-state index in [2.05, 4.69) is 0 Å². The number of ether oxygens (including phenoxy) is 1. The fourth-order valence-electron chi connectivity index (χ4n) is 2.47. The zero-order chi connectivity index (χ0) is 14.8. The SMILES string of the molecule is N#Cc1ccc(F)cc1COc1ccc2c(c1)CCC2=O. The number of nitrogens with zero attached hydrogens (tertiary/aromatic N) is 1. The van der Waals surface area contributed by atoms with Gasteiger partial charge in [-0.2, -0.15) is 5.26 Å². The van der Waals surface area contributed by atoms with E-state index in [0.717, 1.165) is 17.5 Å². The Balaban J connectivity index is 1.79. The highest BCUT2D eigenvalue weighted by Crippen LogP contribution is 2.26. The molecule has 0 aromatic heterocycles. The second-order valence-electron chi connectivity index (χ2n) is 4.94. The maximum Gasteiger partial charge on any atom is 0.163 e. The third-order valence-corrected chi connectivity index (χ3v) is 3.58. The van der Waals surface area contributed by atoms with Crippen LogP contribution in [0.2, 0.25) is 0 Å². The predicted molar refractivity (Wildman–Crippen MR) is 74.5 cm³/mol. The minimum absolute atomic E-state index is 0.118. The van der Waals surface area contributed by atoms with Gasteiger partial charge >= 0.3 is 0 Å². The molecule has 0 heterocycles. The zero-order valence-corrected chi connectivity index (χ0v) is 11.2. The van der Waals surface area contributed by atoms with Gasteiger partial charge in [-0.1, -0.05) is 0 Å². The van der Waals surface area contributed by atoms with Crippen LogP contribution >= 0.6 is 0 Å². The van der Waals surface area contributed by atoms with E-state index in [-0.39, 0.29) is 12.4 Å². The van der Waals surface area contributed by atoms with Gasteiger partial charge in [0, 0.05) is 17.5 Å². The van der Waals surface area contributed by atoms with E-state index in [1.165, 1.54) is 18.2 Å². The molecule has 0 spiro atoms. The fourth-order valence-corrected chi connectivity index (χ4v) is 2.47. The predicted octanol–water partition coefficient (Wildman–Crippen LogP) is 3.41. The molecule has 21 heavy (non-hydrogen) atoms. The monoisotopic (exact) mass is 281 g/mol. The van der Waals surface area contributed by atoms with Crippen molar-refractivity contribution in [3.63, 3.8) is 0 Å². The van der Waals surface area contributed by atoms with Gasteiger partial charge in [0.25, 0.3) is 0 Å². The Kier molecular flexibility index (Phi) is 3.41. The van der Waals surface area contributed by atoms with Crippen molar-refractivity contribution in [2.75, 3.05) is 0 Å². The van der Waals surface area contributed by atoms with Gasteiger partial charge < -0.3 is 4.74 Å². The highest BCUT2D eigenvalue weighted by atomic mass is 19.1. The lowest BCUT2D eigenvalue weighted by atomic mass is 10.1. The molecular weight excluding hydrogens is 269 g/mol. The smallest absolute Gasteiger partial charge is 0.163 e. The molecule has 0 saturated heterocycles. The molecular formula is C17H12FNO2. The normalized spacial score (nSPS) is 12.9. The van der Waals surface area contributed by atoms with E-state index in [4.69, 9.17) is 10.00 Å². The zero-order valence-electron chi connectivity index (χ0n) is 11.2. The van der Waals surface area contributed by atoms with Gasteiger partial charge in [0.2, 0.25) is 0 Å². The molecule has 0 amide bonds. The Labute approximate surface area is 121 Å². The molecule has 0 saturated carbocycles. The van der Waals surface area contributed by atoms with Crippen LogP contribution in [0, 0.1) is 17.1 Å². The van der Waals surface area contributed by atoms with E-state index in [9.17, 15) is 9.18 Å². The number of carbonyl (C=O) groups excluding carboxylic acids is 1. The number of aryl methyl sites for hydroxylation is 1. The minimum Gasteiger partial charge on any atom is -0.489 e. The summed E-state index contributed by atoms with van der Waals surface area (Å²) < 4.78 is 18.9. The average molecular weight is 281 g/mol. The third-order valence-electron chi connectivity index (χ3n) is 3.58. The topological polar surface area (TPSA) is 50.1 Å². The molecule has 1 aliphatic rings. The van der Waals surface area contributed by atoms with Gasteiger partial charge in [-0.25, -0.2) is 4.39 Å². The molecule has 0 fully saturated rings. The summed E-state index contributed by atoms with van der Waals surface area (Å²) in [6.45, 7) is 0.118. The first-order valence-corrected chi connectivity index (χ1v) is 6.65. The van der Waals surface area contributed by atoms with Crippen molar-refractivity contribution in [3.05, 3.63) is 64.5 Å². The van der Waals surface area contributed by atoms with Crippen LogP contribution in [0.25, 0.3) is 0 Å². The number of halogens is 1. The maximum atomic E-state index is 13.2. The lowest BCUT2D eigenvalue weighted by molar-refractivity contribution is 0.0994. The molecule has 0 N–H and O–H groups in total. The first-order chi connectivity index (χ1) is 10.2. The van der Waals surface area contributed by atoms with Crippen molar-refractivity contribution in [1.82, 2.24) is 0 Å². The summed E-state index contributed by atoms with van der Waals surface area (Å²) in [7, 11) is 0. The Morgan fingerprint density at radius 1 is 1.19 bits per heavy atom. The molecule has 0 unspecified atom stereocenters. The van der Waals surface area contributed by atoms with Crippen LogP contribution < -0.4 is 4.74 Å². The number of hydrogen-bond donors (Lipinski definition) is 0. The van der Waals surface area contributed by atoms with Gasteiger partial charge in [0.05, 0.1) is 11.6 Å². The first kappa shape index (κ1) is 13.3. The highest BCUT2D eigenvalue weighted by Gasteiger charge is 2.19. The second-order valence-corrected chi connectivity index (χ2v) is 4.94. The average Bonchev–Trinajstić information content (AvgIpc) is 2.86. The van der Waals surface area contributed by atoms with Crippen molar-refractivity contribution >= 4 is 5.78 Å². The molecule has 0 bridgehead atoms. The third kappa shape index (κ3) is 2.63. The Bertz CT molecular complexity index is 762. The van der Waals surface area contributed by atoms with Crippen LogP contribution in [-0.2, 0) is 13.0 Å². The van der Waals surface area contributed by atoms with E-state index in [0.29, 0.717) is 23.3 Å². The van der Waals surface area contributed by atoms with E-state index in [1.54, 1.807) is 12.1 Å². The van der Waals surface area contributed by atoms with Gasteiger partial charge in [0.1, 0.15) is 18.2 Å². The molecule has 4 heteroatoms. The van der Waals surface area contributed by atoms with Crippen molar-refractivity contribution in [2.24, 2.45) is 0 Å². The first-order valence-electron chi connectivity index (χ1n) is 6.65. The summed E-state index contributed by atoms with van der Waals surface area (Å²) in [6, 6.07) is 11.3. The van der Waals surface area contributed by atoms with Crippen LogP contribution in [0.4, 0.5) is 4.39 Å². The van der Waals surface area contributed by atoms with Crippen molar-refractivity contribution in [2.45, 2.75) is 19.4 Å². The fraction of sp³-hybridized carbons (Fsp3) is 0.176. The Morgan fingerprint density at radius 3 is 2.86 bits per heavy atom. The summed E-state index contributed by atoms with van der Waals surface area (Å²) in [6.07, 6.45) is 1.27. The van der Waals surface area contributed by atoms with Gasteiger partial charge in [-0.3, -0.25) is 4.79 Å². The quantitative estimate of drug-likeness (QED) is 0.866. The van der Waals surface area contributed by atoms with E-state index < -0.39 is 5.82 Å². The summed E-state index contributed by atoms with van der Waals surface area (Å²) in [5.74, 6) is 0.386. The highest BCUT2D eigenvalue weighted by molar-refractivity contribution is 6.00. The standard InChI is InChI=1S/C17H12FNO2/c18-14-3-1-12(9-19)13(7-14)10-21-15-4-5-16-11(8-15)2-6-17(16)20/h1,3-5,7-8H,2,6,10H2. The number of ketones is 1. The Hall–Kier alpha value is -2.67. The van der Waals surface area contributed by atoms with Crippen molar-refractivity contribution in [1.29, 1.82) is 5.26 Å². The molecule has 0 atom stereocenters. The van der Waals surface area contributed by atoms with Crippen LogP contribution in [-0.4, -0.2) is 5.78 Å². The maximum absolute atomic E-state index is 13.2. The number of benzene rings is 2. The molecule has 0 radical (unpaired) electrons. The second kappa shape index (κ2) is 5.37. The van der Waals surface area contributed by atoms with Crippen molar-refractivity contribution < 1.29 is 13.9 Å². The number of carbonyl (C=O) groups is 1. The summed E-state index contributed by atoms with van der Waals surface area (Å²) >= 11 is 0. The van der Waals surface area contributed by atoms with Gasteiger partial charge in [0.15, 0.2) is 5.78 Å². The van der Waals surface area contributed by atoms with Gasteiger partial charge in [-0.15, -0.1) is 0 Å². The van der Waals surface area contributed by atoms with Crippen molar-refractivity contribution in [3.8, 4) is 11.8 Å². The molecule has 3 rings (SSSR count). The Morgan fingerprint density at radius 2 is 2.05 bits per heavy atom. The van der Waals surface area contributed by atoms with E-state index >= 15 is 0 Å². The molecule has 104 valence electrons.